The molecule has 0 unspecified atom stereocenters. The third-order valence-corrected chi connectivity index (χ3v) is 4.55. The van der Waals surface area contributed by atoms with E-state index in [1.807, 2.05) is 18.3 Å². The normalized spacial score (nSPS) is 19.6. The van der Waals surface area contributed by atoms with E-state index in [-0.39, 0.29) is 11.9 Å². The number of esters is 1. The monoisotopic (exact) mass is 276 g/mol. The SMILES string of the molecule is COC(=O)[C@H]1CCCN(c2ccnc3ccsc23)C1. The van der Waals surface area contributed by atoms with Crippen LogP contribution in [-0.2, 0) is 9.53 Å². The quantitative estimate of drug-likeness (QED) is 0.791. The molecule has 0 amide bonds. The Hall–Kier alpha value is -1.62. The van der Waals surface area contributed by atoms with Gasteiger partial charge in [0.15, 0.2) is 0 Å². The van der Waals surface area contributed by atoms with Gasteiger partial charge in [-0.25, -0.2) is 0 Å². The van der Waals surface area contributed by atoms with Crippen molar-refractivity contribution >= 4 is 33.2 Å². The molecule has 0 N–H and O–H groups in total. The Labute approximate surface area is 116 Å². The van der Waals surface area contributed by atoms with Crippen LogP contribution in [0.15, 0.2) is 23.7 Å². The highest BCUT2D eigenvalue weighted by molar-refractivity contribution is 7.17. The molecule has 0 radical (unpaired) electrons. The van der Waals surface area contributed by atoms with E-state index in [0.29, 0.717) is 0 Å². The van der Waals surface area contributed by atoms with Gasteiger partial charge in [0.2, 0.25) is 0 Å². The highest BCUT2D eigenvalue weighted by Crippen LogP contribution is 2.32. The van der Waals surface area contributed by atoms with Crippen molar-refractivity contribution in [3.63, 3.8) is 0 Å². The van der Waals surface area contributed by atoms with Crippen LogP contribution in [0.5, 0.6) is 0 Å². The highest BCUT2D eigenvalue weighted by atomic mass is 32.1. The third kappa shape index (κ3) is 2.30. The second-order valence-electron chi connectivity index (χ2n) is 4.77. The summed E-state index contributed by atoms with van der Waals surface area (Å²) in [7, 11) is 1.46. The summed E-state index contributed by atoms with van der Waals surface area (Å²) in [6.45, 7) is 1.73. The molecule has 0 saturated carbocycles. The first-order valence-corrected chi connectivity index (χ1v) is 7.32. The first kappa shape index (κ1) is 12.4. The molecule has 0 aromatic carbocycles. The number of pyridine rings is 1. The van der Waals surface area contributed by atoms with Gasteiger partial charge in [-0.3, -0.25) is 9.78 Å². The van der Waals surface area contributed by atoms with E-state index in [0.717, 1.165) is 31.4 Å². The number of aromatic nitrogens is 1. The van der Waals surface area contributed by atoms with Gasteiger partial charge >= 0.3 is 5.97 Å². The van der Waals surface area contributed by atoms with Gasteiger partial charge in [0.1, 0.15) is 0 Å². The number of carbonyl (C=O) groups is 1. The van der Waals surface area contributed by atoms with Gasteiger partial charge in [0, 0.05) is 19.3 Å². The van der Waals surface area contributed by atoms with E-state index in [2.05, 4.69) is 15.3 Å². The molecule has 3 rings (SSSR count). The van der Waals surface area contributed by atoms with E-state index in [1.54, 1.807) is 11.3 Å². The lowest BCUT2D eigenvalue weighted by molar-refractivity contribution is -0.145. The number of fused-ring (bicyclic) bond motifs is 1. The average Bonchev–Trinajstić information content (AvgIpc) is 2.94. The van der Waals surface area contributed by atoms with Crippen LogP contribution in [0, 0.1) is 5.92 Å². The molecule has 0 aliphatic carbocycles. The zero-order valence-electron chi connectivity index (χ0n) is 10.8. The number of ether oxygens (including phenoxy) is 1. The average molecular weight is 276 g/mol. The number of carbonyl (C=O) groups excluding carboxylic acids is 1. The second kappa shape index (κ2) is 5.17. The van der Waals surface area contributed by atoms with Gasteiger partial charge < -0.3 is 9.64 Å². The summed E-state index contributed by atoms with van der Waals surface area (Å²) in [5, 5.41) is 2.06. The van der Waals surface area contributed by atoms with Crippen LogP contribution < -0.4 is 4.90 Å². The van der Waals surface area contributed by atoms with Gasteiger partial charge in [-0.15, -0.1) is 11.3 Å². The minimum atomic E-state index is -0.0961. The summed E-state index contributed by atoms with van der Waals surface area (Å²) in [4.78, 5) is 18.3. The smallest absolute Gasteiger partial charge is 0.310 e. The third-order valence-electron chi connectivity index (χ3n) is 3.62. The Morgan fingerprint density at radius 3 is 3.26 bits per heavy atom. The van der Waals surface area contributed by atoms with Crippen molar-refractivity contribution < 1.29 is 9.53 Å². The summed E-state index contributed by atoms with van der Waals surface area (Å²) < 4.78 is 6.07. The van der Waals surface area contributed by atoms with E-state index < -0.39 is 0 Å². The zero-order valence-corrected chi connectivity index (χ0v) is 11.7. The Kier molecular flexibility index (Phi) is 3.38. The molecule has 0 bridgehead atoms. The first-order valence-electron chi connectivity index (χ1n) is 6.44. The second-order valence-corrected chi connectivity index (χ2v) is 5.69. The van der Waals surface area contributed by atoms with Crippen molar-refractivity contribution in [3.8, 4) is 0 Å². The molecule has 1 fully saturated rings. The van der Waals surface area contributed by atoms with E-state index in [9.17, 15) is 4.79 Å². The molecule has 4 nitrogen and oxygen atoms in total. The maximum atomic E-state index is 11.7. The van der Waals surface area contributed by atoms with Crippen LogP contribution in [0.1, 0.15) is 12.8 Å². The largest absolute Gasteiger partial charge is 0.469 e. The Bertz CT molecular complexity index is 596. The molecule has 0 spiro atoms. The van der Waals surface area contributed by atoms with Crippen LogP contribution in [0.4, 0.5) is 5.69 Å². The molecule has 1 aliphatic rings. The van der Waals surface area contributed by atoms with E-state index >= 15 is 0 Å². The number of anilines is 1. The molecule has 19 heavy (non-hydrogen) atoms. The predicted molar refractivity (Wildman–Crippen MR) is 76.6 cm³/mol. The molecule has 2 aromatic rings. The number of hydrogen-bond acceptors (Lipinski definition) is 5. The summed E-state index contributed by atoms with van der Waals surface area (Å²) in [6.07, 6.45) is 3.78. The van der Waals surface area contributed by atoms with Gasteiger partial charge in [-0.1, -0.05) is 0 Å². The molecular weight excluding hydrogens is 260 g/mol. The summed E-state index contributed by atoms with van der Waals surface area (Å²) in [5.74, 6) is -0.108. The van der Waals surface area contributed by atoms with Gasteiger partial charge in [0.05, 0.1) is 28.9 Å². The van der Waals surface area contributed by atoms with Crippen LogP contribution in [0.2, 0.25) is 0 Å². The molecule has 1 aliphatic heterocycles. The maximum absolute atomic E-state index is 11.7. The Morgan fingerprint density at radius 1 is 1.53 bits per heavy atom. The van der Waals surface area contributed by atoms with E-state index in [4.69, 9.17) is 4.74 Å². The minimum Gasteiger partial charge on any atom is -0.469 e. The van der Waals surface area contributed by atoms with Crippen LogP contribution >= 0.6 is 11.3 Å². The van der Waals surface area contributed by atoms with Crippen LogP contribution in [-0.4, -0.2) is 31.2 Å². The van der Waals surface area contributed by atoms with Gasteiger partial charge in [-0.2, -0.15) is 0 Å². The fraction of sp³-hybridized carbons (Fsp3) is 0.429. The number of nitrogens with zero attached hydrogens (tertiary/aromatic N) is 2. The van der Waals surface area contributed by atoms with Crippen molar-refractivity contribution in [1.82, 2.24) is 4.98 Å². The number of thiophene rings is 1. The van der Waals surface area contributed by atoms with Crippen molar-refractivity contribution in [3.05, 3.63) is 23.7 Å². The fourth-order valence-electron chi connectivity index (χ4n) is 2.66. The zero-order chi connectivity index (χ0) is 13.2. The van der Waals surface area contributed by atoms with Crippen molar-refractivity contribution in [2.75, 3.05) is 25.1 Å². The summed E-state index contributed by atoms with van der Waals surface area (Å²) >= 11 is 1.70. The Balaban J connectivity index is 1.89. The van der Waals surface area contributed by atoms with E-state index in [1.165, 1.54) is 17.5 Å². The molecular formula is C14H16N2O2S. The van der Waals surface area contributed by atoms with Crippen molar-refractivity contribution in [1.29, 1.82) is 0 Å². The molecule has 3 heterocycles. The standard InChI is InChI=1S/C14H16N2O2S/c1-18-14(17)10-3-2-7-16(9-10)12-4-6-15-11-5-8-19-13(11)12/h4-6,8,10H,2-3,7,9H2,1H3/t10-/m0/s1. The molecule has 1 saturated heterocycles. The lowest BCUT2D eigenvalue weighted by Crippen LogP contribution is -2.39. The Morgan fingerprint density at radius 2 is 2.42 bits per heavy atom. The van der Waals surface area contributed by atoms with Gasteiger partial charge in [-0.05, 0) is 30.4 Å². The lowest BCUT2D eigenvalue weighted by Gasteiger charge is -2.33. The number of methoxy groups -OCH3 is 1. The van der Waals surface area contributed by atoms with Crippen LogP contribution in [0.3, 0.4) is 0 Å². The first-order chi connectivity index (χ1) is 9.29. The molecule has 100 valence electrons. The van der Waals surface area contributed by atoms with Crippen LogP contribution in [0.25, 0.3) is 10.2 Å². The molecule has 1 atom stereocenters. The lowest BCUT2D eigenvalue weighted by atomic mass is 9.98. The number of piperidine rings is 1. The molecule has 2 aromatic heterocycles. The summed E-state index contributed by atoms with van der Waals surface area (Å²) in [5.41, 5.74) is 2.22. The number of rotatable bonds is 2. The van der Waals surface area contributed by atoms with Crippen molar-refractivity contribution in [2.24, 2.45) is 5.92 Å². The fourth-order valence-corrected chi connectivity index (χ4v) is 3.56. The predicted octanol–water partition coefficient (Wildman–Crippen LogP) is 2.69. The summed E-state index contributed by atoms with van der Waals surface area (Å²) in [6, 6.07) is 4.07. The minimum absolute atomic E-state index is 0.0121. The van der Waals surface area contributed by atoms with Crippen molar-refractivity contribution in [2.45, 2.75) is 12.8 Å². The number of hydrogen-bond donors (Lipinski definition) is 0. The highest BCUT2D eigenvalue weighted by Gasteiger charge is 2.27. The topological polar surface area (TPSA) is 42.4 Å². The molecule has 5 heteroatoms. The van der Waals surface area contributed by atoms with Gasteiger partial charge in [0.25, 0.3) is 0 Å². The maximum Gasteiger partial charge on any atom is 0.310 e.